The Morgan fingerprint density at radius 2 is 2.16 bits per heavy atom. The summed E-state index contributed by atoms with van der Waals surface area (Å²) in [6.07, 6.45) is 3.74. The highest BCUT2D eigenvalue weighted by Gasteiger charge is 2.45. The van der Waals surface area contributed by atoms with Gasteiger partial charge in [0.2, 0.25) is 0 Å². The maximum absolute atomic E-state index is 10.8. The second-order valence-electron chi connectivity index (χ2n) is 5.22. The lowest BCUT2D eigenvalue weighted by atomic mass is 10.0. The van der Waals surface area contributed by atoms with E-state index in [4.69, 9.17) is 9.84 Å². The molecule has 3 rings (SSSR count). The highest BCUT2D eigenvalue weighted by Crippen LogP contribution is 2.49. The first-order valence-electron chi connectivity index (χ1n) is 6.36. The average molecular weight is 257 g/mol. The largest absolute Gasteiger partial charge is 0.491 e. The SMILES string of the molecule is O=C(O)CC1(COc2cnc3ccccc3c2)CC1. The van der Waals surface area contributed by atoms with Crippen LogP contribution in [0.3, 0.4) is 0 Å². The summed E-state index contributed by atoms with van der Waals surface area (Å²) in [6, 6.07) is 9.78. The van der Waals surface area contributed by atoms with Gasteiger partial charge in [-0.2, -0.15) is 0 Å². The number of aliphatic carboxylic acids is 1. The number of fused-ring (bicyclic) bond motifs is 1. The molecule has 1 aromatic carbocycles. The molecule has 1 heterocycles. The molecule has 0 spiro atoms. The average Bonchev–Trinajstić information content (AvgIpc) is 3.15. The summed E-state index contributed by atoms with van der Waals surface area (Å²) in [5.41, 5.74) is 0.777. The summed E-state index contributed by atoms with van der Waals surface area (Å²) in [4.78, 5) is 15.1. The van der Waals surface area contributed by atoms with E-state index in [1.165, 1.54) is 0 Å². The van der Waals surface area contributed by atoms with E-state index in [0.29, 0.717) is 12.4 Å². The van der Waals surface area contributed by atoms with Crippen LogP contribution in [-0.4, -0.2) is 22.7 Å². The molecule has 4 heteroatoms. The van der Waals surface area contributed by atoms with Crippen molar-refractivity contribution in [2.24, 2.45) is 5.41 Å². The van der Waals surface area contributed by atoms with Crippen LogP contribution in [-0.2, 0) is 4.79 Å². The van der Waals surface area contributed by atoms with Gasteiger partial charge in [-0.05, 0) is 25.0 Å². The molecule has 0 atom stereocenters. The molecule has 1 saturated carbocycles. The monoisotopic (exact) mass is 257 g/mol. The van der Waals surface area contributed by atoms with Gasteiger partial charge in [0.25, 0.3) is 0 Å². The minimum Gasteiger partial charge on any atom is -0.491 e. The Labute approximate surface area is 111 Å². The van der Waals surface area contributed by atoms with E-state index < -0.39 is 5.97 Å². The van der Waals surface area contributed by atoms with Crippen molar-refractivity contribution < 1.29 is 14.6 Å². The summed E-state index contributed by atoms with van der Waals surface area (Å²) in [6.45, 7) is 0.458. The summed E-state index contributed by atoms with van der Waals surface area (Å²) < 4.78 is 5.72. The van der Waals surface area contributed by atoms with Gasteiger partial charge in [0.1, 0.15) is 5.75 Å². The topological polar surface area (TPSA) is 59.4 Å². The Bertz CT molecular complexity index is 620. The minimum atomic E-state index is -0.752. The number of carbonyl (C=O) groups is 1. The Hall–Kier alpha value is -2.10. The van der Waals surface area contributed by atoms with Gasteiger partial charge < -0.3 is 9.84 Å². The Balaban J connectivity index is 1.70. The number of carboxylic acids is 1. The van der Waals surface area contributed by atoms with E-state index in [1.807, 2.05) is 30.3 Å². The first-order valence-corrected chi connectivity index (χ1v) is 6.36. The van der Waals surface area contributed by atoms with Crippen LogP contribution in [0.25, 0.3) is 10.9 Å². The molecule has 1 aliphatic carbocycles. The van der Waals surface area contributed by atoms with Crippen LogP contribution in [0.2, 0.25) is 0 Å². The third kappa shape index (κ3) is 2.67. The minimum absolute atomic E-state index is 0.155. The number of hydrogen-bond donors (Lipinski definition) is 1. The lowest BCUT2D eigenvalue weighted by Crippen LogP contribution is -2.17. The third-order valence-electron chi connectivity index (χ3n) is 3.59. The predicted molar refractivity (Wildman–Crippen MR) is 71.2 cm³/mol. The van der Waals surface area contributed by atoms with E-state index in [1.54, 1.807) is 6.20 Å². The van der Waals surface area contributed by atoms with Crippen molar-refractivity contribution in [2.75, 3.05) is 6.61 Å². The maximum Gasteiger partial charge on any atom is 0.304 e. The Morgan fingerprint density at radius 1 is 1.37 bits per heavy atom. The van der Waals surface area contributed by atoms with Crippen LogP contribution >= 0.6 is 0 Å². The molecule has 1 aromatic heterocycles. The highest BCUT2D eigenvalue weighted by atomic mass is 16.5. The molecule has 2 aromatic rings. The zero-order chi connectivity index (χ0) is 13.3. The van der Waals surface area contributed by atoms with Gasteiger partial charge in [-0.15, -0.1) is 0 Å². The molecule has 19 heavy (non-hydrogen) atoms. The quantitative estimate of drug-likeness (QED) is 0.894. The van der Waals surface area contributed by atoms with Crippen molar-refractivity contribution in [3.8, 4) is 5.75 Å². The van der Waals surface area contributed by atoms with E-state index in [-0.39, 0.29) is 11.8 Å². The summed E-state index contributed by atoms with van der Waals surface area (Å²) >= 11 is 0. The molecule has 1 fully saturated rings. The number of carboxylic acid groups (broad SMARTS) is 1. The number of pyridine rings is 1. The molecule has 4 nitrogen and oxygen atoms in total. The maximum atomic E-state index is 10.8. The standard InChI is InChI=1S/C15H15NO3/c17-14(18)8-15(5-6-15)10-19-12-7-11-3-1-2-4-13(11)16-9-12/h1-4,7,9H,5-6,8,10H2,(H,17,18). The van der Waals surface area contributed by atoms with Crippen molar-refractivity contribution in [1.29, 1.82) is 0 Å². The second-order valence-corrected chi connectivity index (χ2v) is 5.22. The van der Waals surface area contributed by atoms with Gasteiger partial charge in [0.05, 0.1) is 24.7 Å². The van der Waals surface area contributed by atoms with Crippen molar-refractivity contribution in [1.82, 2.24) is 4.98 Å². The van der Waals surface area contributed by atoms with E-state index in [2.05, 4.69) is 4.98 Å². The Kier molecular flexibility index (Phi) is 2.85. The first kappa shape index (κ1) is 12.0. The van der Waals surface area contributed by atoms with Crippen LogP contribution in [0.15, 0.2) is 36.5 Å². The van der Waals surface area contributed by atoms with Gasteiger partial charge in [-0.1, -0.05) is 18.2 Å². The second kappa shape index (κ2) is 4.53. The van der Waals surface area contributed by atoms with Gasteiger partial charge in [0.15, 0.2) is 0 Å². The number of rotatable bonds is 5. The van der Waals surface area contributed by atoms with Crippen molar-refractivity contribution in [3.63, 3.8) is 0 Å². The van der Waals surface area contributed by atoms with Crippen LogP contribution < -0.4 is 4.74 Å². The lowest BCUT2D eigenvalue weighted by Gasteiger charge is -2.14. The fraction of sp³-hybridized carbons (Fsp3) is 0.333. The van der Waals surface area contributed by atoms with E-state index in [0.717, 1.165) is 23.7 Å². The fourth-order valence-electron chi connectivity index (χ4n) is 2.24. The fourth-order valence-corrected chi connectivity index (χ4v) is 2.24. The van der Waals surface area contributed by atoms with Crippen LogP contribution in [0.4, 0.5) is 0 Å². The number of benzene rings is 1. The molecular formula is C15H15NO3. The summed E-state index contributed by atoms with van der Waals surface area (Å²) in [7, 11) is 0. The van der Waals surface area contributed by atoms with Crippen molar-refractivity contribution in [2.45, 2.75) is 19.3 Å². The third-order valence-corrected chi connectivity index (χ3v) is 3.59. The van der Waals surface area contributed by atoms with Gasteiger partial charge >= 0.3 is 5.97 Å². The number of nitrogens with zero attached hydrogens (tertiary/aromatic N) is 1. The molecule has 0 amide bonds. The predicted octanol–water partition coefficient (Wildman–Crippen LogP) is 2.87. The number of ether oxygens (including phenoxy) is 1. The van der Waals surface area contributed by atoms with Crippen LogP contribution in [0, 0.1) is 5.41 Å². The zero-order valence-corrected chi connectivity index (χ0v) is 10.5. The molecule has 0 aliphatic heterocycles. The highest BCUT2D eigenvalue weighted by molar-refractivity contribution is 5.79. The van der Waals surface area contributed by atoms with Gasteiger partial charge in [-0.3, -0.25) is 9.78 Å². The van der Waals surface area contributed by atoms with Gasteiger partial charge in [0, 0.05) is 10.8 Å². The molecule has 0 bridgehead atoms. The smallest absolute Gasteiger partial charge is 0.304 e. The Morgan fingerprint density at radius 3 is 2.89 bits per heavy atom. The molecule has 1 aliphatic rings. The molecule has 98 valence electrons. The summed E-state index contributed by atoms with van der Waals surface area (Å²) in [5, 5.41) is 9.89. The first-order chi connectivity index (χ1) is 9.17. The van der Waals surface area contributed by atoms with Crippen LogP contribution in [0.5, 0.6) is 5.75 Å². The molecular weight excluding hydrogens is 242 g/mol. The normalized spacial score (nSPS) is 16.2. The molecule has 0 radical (unpaired) electrons. The molecule has 1 N–H and O–H groups in total. The zero-order valence-electron chi connectivity index (χ0n) is 10.5. The van der Waals surface area contributed by atoms with Crippen LogP contribution in [0.1, 0.15) is 19.3 Å². The molecule has 0 unspecified atom stereocenters. The van der Waals surface area contributed by atoms with Crippen molar-refractivity contribution >= 4 is 16.9 Å². The van der Waals surface area contributed by atoms with Gasteiger partial charge in [-0.25, -0.2) is 0 Å². The van der Waals surface area contributed by atoms with E-state index in [9.17, 15) is 4.79 Å². The molecule has 0 saturated heterocycles. The van der Waals surface area contributed by atoms with E-state index >= 15 is 0 Å². The lowest BCUT2D eigenvalue weighted by molar-refractivity contribution is -0.138. The summed E-state index contributed by atoms with van der Waals surface area (Å²) in [5.74, 6) is -0.0481. The van der Waals surface area contributed by atoms with Crippen molar-refractivity contribution in [3.05, 3.63) is 36.5 Å². The number of para-hydroxylation sites is 1. The number of hydrogen-bond acceptors (Lipinski definition) is 3. The number of aromatic nitrogens is 1.